The molecule has 0 aromatic rings. The molecule has 0 bridgehead atoms. The molecular weight excluding hydrogens is 190 g/mol. The maximum Gasteiger partial charge on any atom is 1.00 e. The molecule has 0 saturated heterocycles. The van der Waals surface area contributed by atoms with Gasteiger partial charge in [-0.15, -0.1) is 0 Å². The first kappa shape index (κ1) is 13.1. The molecule has 1 aliphatic rings. The minimum Gasteiger partial charge on any atom is -1.00 e. The Balaban J connectivity index is 0. The topological polar surface area (TPSA) is 66.8 Å². The number of phosphoric acid groups is 1. The van der Waals surface area contributed by atoms with Gasteiger partial charge in [-0.1, -0.05) is 19.3 Å². The largest absolute Gasteiger partial charge is 1.00 e. The van der Waals surface area contributed by atoms with Crippen LogP contribution < -0.4 is 29.6 Å². The standard InChI is InChI=1S/C6H13O4P.Na.H/c7-11(8,9)10-6-4-2-1-3-5-6;;/h6H,1-5H2,(H2,7,8,9);;/q;+1;-1. The van der Waals surface area contributed by atoms with Gasteiger partial charge in [-0.05, 0) is 12.8 Å². The normalized spacial score (nSPS) is 20.2. The molecule has 0 aliphatic heterocycles. The van der Waals surface area contributed by atoms with E-state index >= 15 is 0 Å². The fraction of sp³-hybridized carbons (Fsp3) is 1.00. The molecular formula is C6H14NaO4P. The summed E-state index contributed by atoms with van der Waals surface area (Å²) in [5, 5.41) is 0. The third-order valence-electron chi connectivity index (χ3n) is 1.84. The molecule has 1 aliphatic carbocycles. The van der Waals surface area contributed by atoms with E-state index in [2.05, 4.69) is 4.52 Å². The monoisotopic (exact) mass is 204 g/mol. The van der Waals surface area contributed by atoms with Gasteiger partial charge < -0.3 is 11.2 Å². The second kappa shape index (κ2) is 5.76. The predicted molar refractivity (Wildman–Crippen MR) is 41.1 cm³/mol. The molecule has 68 valence electrons. The molecule has 0 amide bonds. The number of rotatable bonds is 2. The summed E-state index contributed by atoms with van der Waals surface area (Å²) in [7, 11) is -4.23. The first-order chi connectivity index (χ1) is 5.08. The van der Waals surface area contributed by atoms with Gasteiger partial charge in [0.1, 0.15) is 0 Å². The maximum atomic E-state index is 10.4. The van der Waals surface area contributed by atoms with Crippen LogP contribution in [0.15, 0.2) is 0 Å². The third-order valence-corrected chi connectivity index (χ3v) is 2.41. The second-order valence-corrected chi connectivity index (χ2v) is 4.05. The molecule has 0 spiro atoms. The zero-order valence-corrected chi connectivity index (χ0v) is 10.2. The zero-order valence-electron chi connectivity index (χ0n) is 8.27. The molecule has 6 heteroatoms. The molecule has 2 N–H and O–H groups in total. The third kappa shape index (κ3) is 5.70. The van der Waals surface area contributed by atoms with Gasteiger partial charge in [-0.3, -0.25) is 4.52 Å². The van der Waals surface area contributed by atoms with Gasteiger partial charge in [-0.2, -0.15) is 0 Å². The Hall–Kier alpha value is 1.11. The van der Waals surface area contributed by atoms with Crippen molar-refractivity contribution in [3.05, 3.63) is 0 Å². The molecule has 0 unspecified atom stereocenters. The summed E-state index contributed by atoms with van der Waals surface area (Å²) in [6, 6.07) is 0. The number of hydrogen-bond acceptors (Lipinski definition) is 2. The SMILES string of the molecule is O=P(O)(O)OC1CCCCC1.[H-].[Na+]. The van der Waals surface area contributed by atoms with Gasteiger partial charge in [0.25, 0.3) is 0 Å². The average molecular weight is 204 g/mol. The van der Waals surface area contributed by atoms with Gasteiger partial charge in [0.05, 0.1) is 6.10 Å². The Labute approximate surface area is 95.7 Å². The van der Waals surface area contributed by atoms with Crippen LogP contribution in [0.2, 0.25) is 0 Å². The molecule has 1 saturated carbocycles. The van der Waals surface area contributed by atoms with Crippen LogP contribution in [0.5, 0.6) is 0 Å². The first-order valence-corrected chi connectivity index (χ1v) is 5.35. The maximum absolute atomic E-state index is 10.4. The van der Waals surface area contributed by atoms with E-state index in [1.807, 2.05) is 0 Å². The van der Waals surface area contributed by atoms with Crippen molar-refractivity contribution in [2.75, 3.05) is 0 Å². The van der Waals surface area contributed by atoms with Crippen molar-refractivity contribution in [3.8, 4) is 0 Å². The molecule has 12 heavy (non-hydrogen) atoms. The molecule has 0 atom stereocenters. The van der Waals surface area contributed by atoms with Crippen molar-refractivity contribution in [2.24, 2.45) is 0 Å². The molecule has 0 aromatic heterocycles. The van der Waals surface area contributed by atoms with Crippen LogP contribution in [0.25, 0.3) is 0 Å². The predicted octanol–water partition coefficient (Wildman–Crippen LogP) is -1.46. The van der Waals surface area contributed by atoms with Crippen LogP contribution in [-0.2, 0) is 9.09 Å². The fourth-order valence-electron chi connectivity index (χ4n) is 1.36. The van der Waals surface area contributed by atoms with E-state index in [0.29, 0.717) is 0 Å². The zero-order chi connectivity index (χ0) is 8.32. The van der Waals surface area contributed by atoms with E-state index < -0.39 is 7.82 Å². The van der Waals surface area contributed by atoms with Crippen LogP contribution in [0.1, 0.15) is 33.5 Å². The van der Waals surface area contributed by atoms with Gasteiger partial charge in [0.15, 0.2) is 0 Å². The van der Waals surface area contributed by atoms with Crippen LogP contribution in [0.4, 0.5) is 0 Å². The smallest absolute Gasteiger partial charge is 1.00 e. The molecule has 4 nitrogen and oxygen atoms in total. The van der Waals surface area contributed by atoms with Crippen molar-refractivity contribution in [1.82, 2.24) is 0 Å². The first-order valence-electron chi connectivity index (χ1n) is 3.82. The van der Waals surface area contributed by atoms with E-state index in [1.54, 1.807) is 0 Å². The molecule has 0 aromatic carbocycles. The quantitative estimate of drug-likeness (QED) is 0.426. The van der Waals surface area contributed by atoms with Crippen molar-refractivity contribution in [3.63, 3.8) is 0 Å². The van der Waals surface area contributed by atoms with Crippen molar-refractivity contribution in [1.29, 1.82) is 0 Å². The minimum atomic E-state index is -4.23. The molecule has 0 heterocycles. The second-order valence-electron chi connectivity index (χ2n) is 2.86. The summed E-state index contributed by atoms with van der Waals surface area (Å²) in [5.41, 5.74) is 0. The van der Waals surface area contributed by atoms with Crippen molar-refractivity contribution < 1.29 is 49.9 Å². The van der Waals surface area contributed by atoms with Gasteiger partial charge in [0, 0.05) is 0 Å². The Morgan fingerprint density at radius 3 is 2.17 bits per heavy atom. The summed E-state index contributed by atoms with van der Waals surface area (Å²) in [5.74, 6) is 0. The fourth-order valence-corrected chi connectivity index (χ4v) is 1.96. The van der Waals surface area contributed by atoms with Crippen LogP contribution in [0, 0.1) is 0 Å². The Bertz CT molecular complexity index is 168. The Morgan fingerprint density at radius 2 is 1.75 bits per heavy atom. The van der Waals surface area contributed by atoms with Gasteiger partial charge in [-0.25, -0.2) is 4.57 Å². The summed E-state index contributed by atoms with van der Waals surface area (Å²) in [6.45, 7) is 0. The number of hydrogen-bond donors (Lipinski definition) is 2. The van der Waals surface area contributed by atoms with Crippen molar-refractivity contribution >= 4 is 7.82 Å². The van der Waals surface area contributed by atoms with E-state index in [4.69, 9.17) is 9.79 Å². The van der Waals surface area contributed by atoms with E-state index in [-0.39, 0.29) is 37.1 Å². The van der Waals surface area contributed by atoms with Crippen LogP contribution >= 0.6 is 7.82 Å². The van der Waals surface area contributed by atoms with E-state index in [0.717, 1.165) is 32.1 Å². The Morgan fingerprint density at radius 1 is 1.25 bits per heavy atom. The summed E-state index contributed by atoms with van der Waals surface area (Å²) in [4.78, 5) is 16.9. The van der Waals surface area contributed by atoms with Gasteiger partial charge >= 0.3 is 37.4 Å². The summed E-state index contributed by atoms with van der Waals surface area (Å²) in [6.07, 6.45) is 4.54. The van der Waals surface area contributed by atoms with E-state index in [9.17, 15) is 4.57 Å². The minimum absolute atomic E-state index is 0. The van der Waals surface area contributed by atoms with Crippen LogP contribution in [-0.4, -0.2) is 15.9 Å². The molecule has 0 radical (unpaired) electrons. The summed E-state index contributed by atoms with van der Waals surface area (Å²) >= 11 is 0. The molecule has 1 rings (SSSR count). The van der Waals surface area contributed by atoms with Crippen LogP contribution in [0.3, 0.4) is 0 Å². The Kier molecular flexibility index (Phi) is 6.29. The summed E-state index contributed by atoms with van der Waals surface area (Å²) < 4.78 is 14.9. The van der Waals surface area contributed by atoms with Gasteiger partial charge in [0.2, 0.25) is 0 Å². The molecule has 1 fully saturated rings. The van der Waals surface area contributed by atoms with E-state index in [1.165, 1.54) is 0 Å². The average Bonchev–Trinajstić information content (AvgIpc) is 1.85. The number of phosphoric ester groups is 1. The van der Waals surface area contributed by atoms with Crippen molar-refractivity contribution in [2.45, 2.75) is 38.2 Å².